The molecule has 0 saturated heterocycles. The highest BCUT2D eigenvalue weighted by Gasteiger charge is 2.38. The molecule has 6 heteroatoms. The molecular weight excluding hydrogens is 342 g/mol. The normalized spacial score (nSPS) is 18.7. The molecule has 27 heavy (non-hydrogen) atoms. The number of fused-ring (bicyclic) bond motifs is 1. The lowest BCUT2D eigenvalue weighted by atomic mass is 9.95. The second-order valence-electron chi connectivity index (χ2n) is 7.30. The largest absolute Gasteiger partial charge is 0.453 e. The second-order valence-corrected chi connectivity index (χ2v) is 7.30. The average molecular weight is 367 g/mol. The molecule has 2 aromatic rings. The van der Waals surface area contributed by atoms with Gasteiger partial charge >= 0.3 is 6.09 Å². The summed E-state index contributed by atoms with van der Waals surface area (Å²) in [5, 5.41) is 0. The first-order valence-electron chi connectivity index (χ1n) is 9.44. The molecule has 1 aliphatic heterocycles. The van der Waals surface area contributed by atoms with Crippen LogP contribution in [-0.4, -0.2) is 52.6 Å². The van der Waals surface area contributed by atoms with Gasteiger partial charge in [-0.1, -0.05) is 24.3 Å². The molecule has 6 nitrogen and oxygen atoms in total. The van der Waals surface area contributed by atoms with Crippen LogP contribution in [0.2, 0.25) is 0 Å². The lowest BCUT2D eigenvalue weighted by molar-refractivity contribution is -0.135. The standard InChI is InChI=1S/C21H25N3O3/c1-15-6-3-4-7-17(15)20-18-8-5-11-22(18)12-13-23(20)19(25)14-24(16-9-10-16)21(26)27-2/h3-8,11,16,20H,9-10,12-14H2,1-2H3/t20-/m0/s1. The first kappa shape index (κ1) is 17.6. The van der Waals surface area contributed by atoms with E-state index < -0.39 is 6.09 Å². The van der Waals surface area contributed by atoms with E-state index in [0.717, 1.165) is 36.2 Å². The smallest absolute Gasteiger partial charge is 0.410 e. The molecule has 1 aliphatic carbocycles. The fourth-order valence-corrected chi connectivity index (χ4v) is 3.96. The highest BCUT2D eigenvalue weighted by atomic mass is 16.5. The van der Waals surface area contributed by atoms with Crippen LogP contribution in [0.15, 0.2) is 42.6 Å². The molecule has 2 heterocycles. The lowest BCUT2D eigenvalue weighted by Crippen LogP contribution is -2.48. The van der Waals surface area contributed by atoms with Gasteiger partial charge < -0.3 is 14.2 Å². The average Bonchev–Trinajstić information content (AvgIpc) is 3.41. The van der Waals surface area contributed by atoms with Gasteiger partial charge in [0.1, 0.15) is 6.54 Å². The van der Waals surface area contributed by atoms with Crippen molar-refractivity contribution in [2.75, 3.05) is 20.2 Å². The number of hydrogen-bond donors (Lipinski definition) is 0. The van der Waals surface area contributed by atoms with Crippen LogP contribution in [-0.2, 0) is 16.1 Å². The molecule has 0 N–H and O–H groups in total. The summed E-state index contributed by atoms with van der Waals surface area (Å²) >= 11 is 0. The lowest BCUT2D eigenvalue weighted by Gasteiger charge is -2.39. The van der Waals surface area contributed by atoms with Gasteiger partial charge in [-0.05, 0) is 43.0 Å². The van der Waals surface area contributed by atoms with Crippen LogP contribution in [0.1, 0.15) is 35.7 Å². The zero-order chi connectivity index (χ0) is 19.0. The molecule has 1 atom stereocenters. The quantitative estimate of drug-likeness (QED) is 0.835. The number of methoxy groups -OCH3 is 1. The molecule has 0 bridgehead atoms. The third-order valence-corrected chi connectivity index (χ3v) is 5.54. The summed E-state index contributed by atoms with van der Waals surface area (Å²) in [4.78, 5) is 28.8. The van der Waals surface area contributed by atoms with E-state index in [9.17, 15) is 9.59 Å². The van der Waals surface area contributed by atoms with Crippen LogP contribution in [0.5, 0.6) is 0 Å². The van der Waals surface area contributed by atoms with Gasteiger partial charge in [-0.25, -0.2) is 4.79 Å². The number of nitrogens with zero attached hydrogens (tertiary/aromatic N) is 3. The summed E-state index contributed by atoms with van der Waals surface area (Å²) in [7, 11) is 1.37. The van der Waals surface area contributed by atoms with E-state index in [4.69, 9.17) is 4.74 Å². The van der Waals surface area contributed by atoms with E-state index >= 15 is 0 Å². The fraction of sp³-hybridized carbons (Fsp3) is 0.429. The van der Waals surface area contributed by atoms with Crippen molar-refractivity contribution < 1.29 is 14.3 Å². The van der Waals surface area contributed by atoms with Crippen LogP contribution in [0, 0.1) is 6.92 Å². The van der Waals surface area contributed by atoms with Gasteiger partial charge in [0.15, 0.2) is 0 Å². The second kappa shape index (κ2) is 7.10. The van der Waals surface area contributed by atoms with Gasteiger partial charge in [0.05, 0.1) is 13.2 Å². The Morgan fingerprint density at radius 2 is 1.93 bits per heavy atom. The molecule has 1 saturated carbocycles. The minimum Gasteiger partial charge on any atom is -0.453 e. The van der Waals surface area contributed by atoms with E-state index in [0.29, 0.717) is 6.54 Å². The van der Waals surface area contributed by atoms with Crippen molar-refractivity contribution in [2.24, 2.45) is 0 Å². The zero-order valence-electron chi connectivity index (χ0n) is 15.8. The Bertz CT molecular complexity index is 856. The Hall–Kier alpha value is -2.76. The summed E-state index contributed by atoms with van der Waals surface area (Å²) in [5.41, 5.74) is 3.39. The number of hydrogen-bond acceptors (Lipinski definition) is 3. The number of rotatable bonds is 4. The van der Waals surface area contributed by atoms with E-state index in [1.165, 1.54) is 7.11 Å². The number of carbonyl (C=O) groups excluding carboxylic acids is 2. The number of benzene rings is 1. The third kappa shape index (κ3) is 3.31. The molecule has 1 aromatic carbocycles. The van der Waals surface area contributed by atoms with Crippen LogP contribution in [0.4, 0.5) is 4.79 Å². The van der Waals surface area contributed by atoms with Crippen molar-refractivity contribution in [1.82, 2.24) is 14.4 Å². The van der Waals surface area contributed by atoms with Gasteiger partial charge in [0, 0.05) is 31.0 Å². The van der Waals surface area contributed by atoms with E-state index in [2.05, 4.69) is 35.9 Å². The molecule has 0 spiro atoms. The van der Waals surface area contributed by atoms with E-state index in [1.807, 2.05) is 23.1 Å². The van der Waals surface area contributed by atoms with Crippen LogP contribution >= 0.6 is 0 Å². The number of aryl methyl sites for hydroxylation is 1. The van der Waals surface area contributed by atoms with Crippen molar-refractivity contribution in [1.29, 1.82) is 0 Å². The fourth-order valence-electron chi connectivity index (χ4n) is 3.96. The van der Waals surface area contributed by atoms with E-state index in [1.54, 1.807) is 4.90 Å². The number of carbonyl (C=O) groups is 2. The highest BCUT2D eigenvalue weighted by Crippen LogP contribution is 2.35. The maximum atomic E-state index is 13.3. The molecular formula is C21H25N3O3. The molecule has 4 rings (SSSR count). The Morgan fingerprint density at radius 3 is 2.63 bits per heavy atom. The number of aromatic nitrogens is 1. The Labute approximate surface area is 159 Å². The molecule has 1 fully saturated rings. The van der Waals surface area contributed by atoms with Crippen molar-refractivity contribution in [3.63, 3.8) is 0 Å². The van der Waals surface area contributed by atoms with Gasteiger partial charge in [0.2, 0.25) is 5.91 Å². The van der Waals surface area contributed by atoms with Crippen molar-refractivity contribution in [2.45, 2.75) is 38.4 Å². The first-order valence-corrected chi connectivity index (χ1v) is 9.44. The molecule has 2 aliphatic rings. The van der Waals surface area contributed by atoms with Gasteiger partial charge in [-0.15, -0.1) is 0 Å². The maximum absolute atomic E-state index is 13.3. The monoisotopic (exact) mass is 367 g/mol. The van der Waals surface area contributed by atoms with Crippen LogP contribution < -0.4 is 0 Å². The zero-order valence-corrected chi connectivity index (χ0v) is 15.8. The predicted octanol–water partition coefficient (Wildman–Crippen LogP) is 2.96. The number of amides is 2. The van der Waals surface area contributed by atoms with Gasteiger partial charge in [0.25, 0.3) is 0 Å². The summed E-state index contributed by atoms with van der Waals surface area (Å²) in [6.07, 6.45) is 3.52. The van der Waals surface area contributed by atoms with Crippen LogP contribution in [0.3, 0.4) is 0 Å². The van der Waals surface area contributed by atoms with Gasteiger partial charge in [-0.3, -0.25) is 9.69 Å². The Balaban J connectivity index is 1.65. The SMILES string of the molecule is COC(=O)N(CC(=O)N1CCn2cccc2[C@@H]1c1ccccc1C)C1CC1. The third-order valence-electron chi connectivity index (χ3n) is 5.54. The van der Waals surface area contributed by atoms with Gasteiger partial charge in [-0.2, -0.15) is 0 Å². The summed E-state index contributed by atoms with van der Waals surface area (Å²) in [5.74, 6) is -0.0343. The molecule has 2 amide bonds. The summed E-state index contributed by atoms with van der Waals surface area (Å²) in [6, 6.07) is 12.3. The molecule has 142 valence electrons. The van der Waals surface area contributed by atoms with Crippen molar-refractivity contribution >= 4 is 12.0 Å². The summed E-state index contributed by atoms with van der Waals surface area (Å²) < 4.78 is 7.10. The molecule has 0 radical (unpaired) electrons. The highest BCUT2D eigenvalue weighted by molar-refractivity contribution is 5.83. The number of ether oxygens (including phenoxy) is 1. The van der Waals surface area contributed by atoms with Crippen LogP contribution in [0.25, 0.3) is 0 Å². The van der Waals surface area contributed by atoms with Crippen molar-refractivity contribution in [3.05, 3.63) is 59.4 Å². The molecule has 1 aromatic heterocycles. The first-order chi connectivity index (χ1) is 13.1. The predicted molar refractivity (Wildman–Crippen MR) is 101 cm³/mol. The minimum atomic E-state index is -0.418. The minimum absolute atomic E-state index is 0.0343. The van der Waals surface area contributed by atoms with E-state index in [-0.39, 0.29) is 24.5 Å². The Morgan fingerprint density at radius 1 is 1.15 bits per heavy atom. The van der Waals surface area contributed by atoms with Crippen molar-refractivity contribution in [3.8, 4) is 0 Å². The molecule has 0 unspecified atom stereocenters. The maximum Gasteiger partial charge on any atom is 0.410 e. The topological polar surface area (TPSA) is 54.8 Å². The summed E-state index contributed by atoms with van der Waals surface area (Å²) in [6.45, 7) is 3.53. The Kier molecular flexibility index (Phi) is 4.64.